The number of aliphatic imine (C=N–C) groups is 1. The van der Waals surface area contributed by atoms with E-state index in [9.17, 15) is 22.0 Å². The van der Waals surface area contributed by atoms with Gasteiger partial charge in [-0.05, 0) is 97.0 Å². The minimum atomic E-state index is -0.589. The zero-order valence-electron chi connectivity index (χ0n) is 28.8. The van der Waals surface area contributed by atoms with E-state index in [1.165, 1.54) is 24.3 Å². The number of rotatable bonds is 10. The lowest BCUT2D eigenvalue weighted by Crippen LogP contribution is -2.39. The van der Waals surface area contributed by atoms with Gasteiger partial charge in [0.05, 0.1) is 18.7 Å². The normalized spacial score (nSPS) is 12.9. The van der Waals surface area contributed by atoms with Crippen LogP contribution in [-0.4, -0.2) is 42.6 Å². The Kier molecular flexibility index (Phi) is 21.1. The van der Waals surface area contributed by atoms with Gasteiger partial charge < -0.3 is 15.5 Å². The number of halogens is 5. The number of benzene rings is 4. The Hall–Kier alpha value is -5.30. The van der Waals surface area contributed by atoms with Gasteiger partial charge in [-0.25, -0.2) is 26.9 Å². The van der Waals surface area contributed by atoms with E-state index >= 15 is 0 Å². The molecule has 5 rings (SSSR count). The molecule has 4 N–H and O–H groups in total. The number of nitrogens with zero attached hydrogens (tertiary/aromatic N) is 3. The van der Waals surface area contributed by atoms with E-state index in [2.05, 4.69) is 15.6 Å². The Bertz CT molecular complexity index is 1740. The van der Waals surface area contributed by atoms with E-state index in [1.54, 1.807) is 66.9 Å². The summed E-state index contributed by atoms with van der Waals surface area (Å²) in [6, 6.07) is 26.5. The maximum atomic E-state index is 13.8. The molecule has 1 aliphatic rings. The number of alkyl halides is 1. The fraction of sp³-hybridized carbons (Fsp3) is 0.325. The van der Waals surface area contributed by atoms with Gasteiger partial charge in [0.15, 0.2) is 6.19 Å². The fourth-order valence-electron chi connectivity index (χ4n) is 5.13. The number of nitriles is 2. The molecule has 0 saturated heterocycles. The van der Waals surface area contributed by atoms with Crippen molar-refractivity contribution >= 4 is 5.96 Å². The average Bonchev–Trinajstić information content (AvgIpc) is 3.15. The van der Waals surface area contributed by atoms with Crippen LogP contribution in [0.2, 0.25) is 0 Å². The zero-order chi connectivity index (χ0) is 38.0. The second-order valence-electron chi connectivity index (χ2n) is 11.3. The molecule has 52 heavy (non-hydrogen) atoms. The molecule has 1 unspecified atom stereocenters. The van der Waals surface area contributed by atoms with Gasteiger partial charge in [-0.15, -0.1) is 0 Å². The number of hydrogen-bond acceptors (Lipinski definition) is 5. The van der Waals surface area contributed by atoms with Gasteiger partial charge in [-0.3, -0.25) is 5.32 Å². The summed E-state index contributed by atoms with van der Waals surface area (Å²) in [5.41, 5.74) is 3.46. The molecule has 12 heteroatoms. The van der Waals surface area contributed by atoms with E-state index in [4.69, 9.17) is 20.7 Å². The van der Waals surface area contributed by atoms with Gasteiger partial charge in [-0.1, -0.05) is 66.7 Å². The summed E-state index contributed by atoms with van der Waals surface area (Å²) >= 11 is 0. The van der Waals surface area contributed by atoms with Gasteiger partial charge >= 0.3 is 0 Å². The predicted molar refractivity (Wildman–Crippen MR) is 192 cm³/mol. The number of aliphatic hydroxyl groups excluding tert-OH is 2. The minimum absolute atomic E-state index is 0.000926. The maximum absolute atomic E-state index is 13.8. The van der Waals surface area contributed by atoms with Gasteiger partial charge in [0.25, 0.3) is 0 Å². The van der Waals surface area contributed by atoms with Crippen LogP contribution in [0.4, 0.5) is 22.0 Å². The first-order valence-electron chi connectivity index (χ1n) is 16.9. The molecule has 0 aromatic heterocycles. The first-order valence-corrected chi connectivity index (χ1v) is 16.9. The molecule has 276 valence electrons. The van der Waals surface area contributed by atoms with E-state index in [0.717, 1.165) is 18.4 Å². The van der Waals surface area contributed by atoms with Crippen molar-refractivity contribution in [1.29, 1.82) is 10.5 Å². The van der Waals surface area contributed by atoms with Crippen LogP contribution < -0.4 is 10.6 Å². The van der Waals surface area contributed by atoms with Crippen molar-refractivity contribution in [3.8, 4) is 12.3 Å². The molecule has 0 radical (unpaired) electrons. The first kappa shape index (κ1) is 42.9. The van der Waals surface area contributed by atoms with Crippen molar-refractivity contribution in [3.63, 3.8) is 0 Å². The quantitative estimate of drug-likeness (QED) is 0.0440. The minimum Gasteiger partial charge on any atom is -0.396 e. The molecule has 7 nitrogen and oxygen atoms in total. The largest absolute Gasteiger partial charge is 0.396 e. The summed E-state index contributed by atoms with van der Waals surface area (Å²) in [6.07, 6.45) is 6.66. The lowest BCUT2D eigenvalue weighted by molar-refractivity contribution is 0.288. The van der Waals surface area contributed by atoms with E-state index in [0.29, 0.717) is 60.8 Å². The third-order valence-electron chi connectivity index (χ3n) is 7.65. The first-order chi connectivity index (χ1) is 25.3. The number of guanidine groups is 1. The highest BCUT2D eigenvalue weighted by Gasteiger charge is 2.23. The topological polar surface area (TPSA) is 124 Å². The number of nitrogens with one attached hydrogen (secondary N) is 2. The molecule has 1 aliphatic carbocycles. The summed E-state index contributed by atoms with van der Waals surface area (Å²) in [4.78, 5) is 3.92. The van der Waals surface area contributed by atoms with Crippen LogP contribution >= 0.6 is 0 Å². The van der Waals surface area contributed by atoms with E-state index < -0.39 is 6.67 Å². The maximum Gasteiger partial charge on any atom is 0.205 e. The van der Waals surface area contributed by atoms with Gasteiger partial charge in [0, 0.05) is 19.6 Å². The van der Waals surface area contributed by atoms with Crippen molar-refractivity contribution in [2.45, 2.75) is 57.4 Å². The van der Waals surface area contributed by atoms with Gasteiger partial charge in [0.2, 0.25) is 5.96 Å². The number of hydrogen-bond donors (Lipinski definition) is 4. The highest BCUT2D eigenvalue weighted by atomic mass is 19.1. The summed E-state index contributed by atoms with van der Waals surface area (Å²) in [5.74, 6) is -0.614. The molecule has 4 aromatic rings. The molecule has 0 spiro atoms. The summed E-state index contributed by atoms with van der Waals surface area (Å²) < 4.78 is 64.2. The smallest absolute Gasteiger partial charge is 0.205 e. The molecule has 0 saturated carbocycles. The molecule has 0 bridgehead atoms. The average molecular weight is 722 g/mol. The predicted octanol–water partition coefficient (Wildman–Crippen LogP) is 7.58. The highest BCUT2D eigenvalue weighted by molar-refractivity contribution is 5.81. The van der Waals surface area contributed by atoms with Crippen LogP contribution in [0.1, 0.15) is 59.5 Å². The second kappa shape index (κ2) is 25.6. The number of fused-ring (bicyclic) bond motifs is 1. The second-order valence-corrected chi connectivity index (χ2v) is 11.3. The van der Waals surface area contributed by atoms with Crippen LogP contribution in [0, 0.1) is 46.1 Å². The van der Waals surface area contributed by atoms with Crippen LogP contribution in [-0.2, 0) is 25.7 Å². The summed E-state index contributed by atoms with van der Waals surface area (Å²) in [6.45, 7) is -0.483. The Morgan fingerprint density at radius 2 is 1.29 bits per heavy atom. The van der Waals surface area contributed by atoms with Gasteiger partial charge in [0.1, 0.15) is 29.9 Å². The lowest BCUT2D eigenvalue weighted by Gasteiger charge is -2.27. The summed E-state index contributed by atoms with van der Waals surface area (Å²) in [7, 11) is 0. The Morgan fingerprint density at radius 3 is 1.81 bits per heavy atom. The molecular formula is C40H44F5N5O2. The van der Waals surface area contributed by atoms with E-state index in [-0.39, 0.29) is 55.0 Å². The standard InChI is InChI=1S/C14H16F2N4.C9H8FN.C9H11FO.C8H9FO/c15-7-8-18-14(19-9-17)20-13-6-2-3-10-11(13)4-1-5-12(10)16;2*10-9-6-2-1-4-8(9)5-3-7-11;9-8-4-2-1-3-7(8)5-6-10/h1,4-5,13H,2-3,6-8H2,(H2,18,19,20);1-2,4,6H,3,5H2;1-2,4,6,11H,3,5,7H2;1-4,10H,5-6H2. The third kappa shape index (κ3) is 15.7. The third-order valence-corrected chi connectivity index (χ3v) is 7.65. The SMILES string of the molecule is N#CCCc1ccccc1F.N#CNC(=NCCF)NC1CCCc2c(F)cccc21.OCCCc1ccccc1F.OCCc1ccccc1F. The molecule has 1 atom stereocenters. The van der Waals surface area contributed by atoms with Crippen LogP contribution in [0.5, 0.6) is 0 Å². The Morgan fingerprint density at radius 1 is 0.731 bits per heavy atom. The van der Waals surface area contributed by atoms with Crippen molar-refractivity contribution < 1.29 is 32.2 Å². The van der Waals surface area contributed by atoms with Crippen molar-refractivity contribution in [2.24, 2.45) is 4.99 Å². The molecule has 0 amide bonds. The lowest BCUT2D eigenvalue weighted by atomic mass is 9.87. The fourth-order valence-corrected chi connectivity index (χ4v) is 5.13. The van der Waals surface area contributed by atoms with E-state index in [1.807, 2.05) is 12.1 Å². The summed E-state index contributed by atoms with van der Waals surface area (Å²) in [5, 5.41) is 39.3. The highest BCUT2D eigenvalue weighted by Crippen LogP contribution is 2.31. The molecule has 0 heterocycles. The van der Waals surface area contributed by atoms with Crippen molar-refractivity contribution in [1.82, 2.24) is 10.6 Å². The van der Waals surface area contributed by atoms with Crippen molar-refractivity contribution in [3.05, 3.63) is 142 Å². The molecule has 4 aromatic carbocycles. The zero-order valence-corrected chi connectivity index (χ0v) is 28.8. The van der Waals surface area contributed by atoms with Crippen LogP contribution in [0.25, 0.3) is 0 Å². The van der Waals surface area contributed by atoms with Gasteiger partial charge in [-0.2, -0.15) is 10.5 Å². The molecule has 0 fully saturated rings. The monoisotopic (exact) mass is 721 g/mol. The number of aliphatic hydroxyl groups is 2. The van der Waals surface area contributed by atoms with Crippen LogP contribution in [0.3, 0.4) is 0 Å². The number of aryl methyl sites for hydroxylation is 2. The Balaban J connectivity index is 0.000000253. The Labute approximate surface area is 302 Å². The molecule has 0 aliphatic heterocycles. The van der Waals surface area contributed by atoms with Crippen molar-refractivity contribution in [2.75, 3.05) is 26.4 Å². The molecular weight excluding hydrogens is 677 g/mol. The van der Waals surface area contributed by atoms with Crippen LogP contribution in [0.15, 0.2) is 96.0 Å².